The van der Waals surface area contributed by atoms with Crippen LogP contribution in [0.3, 0.4) is 0 Å². The number of likely N-dealkylation sites (tertiary alicyclic amines) is 1. The summed E-state index contributed by atoms with van der Waals surface area (Å²) in [6, 6.07) is 1.01. The van der Waals surface area contributed by atoms with Crippen LogP contribution in [0, 0.1) is 5.41 Å². The lowest BCUT2D eigenvalue weighted by Gasteiger charge is -2.45. The lowest BCUT2D eigenvalue weighted by molar-refractivity contribution is -0.112. The van der Waals surface area contributed by atoms with Crippen molar-refractivity contribution in [3.05, 3.63) is 18.0 Å². The lowest BCUT2D eigenvalue weighted by Crippen LogP contribution is -2.60. The Labute approximate surface area is 193 Å². The normalized spacial score (nSPS) is 29.6. The topological polar surface area (TPSA) is 114 Å². The second-order valence-corrected chi connectivity index (χ2v) is 10.0. The Morgan fingerprint density at radius 1 is 1.18 bits per heavy atom. The summed E-state index contributed by atoms with van der Waals surface area (Å²) in [5, 5.41) is 0. The Hall–Kier alpha value is -2.85. The molecule has 10 heteroatoms. The van der Waals surface area contributed by atoms with Crippen molar-refractivity contribution >= 4 is 24.0 Å². The number of ether oxygens (including phenoxy) is 1. The number of nitrogens with two attached hydrogens (primary N) is 1. The number of aromatic nitrogens is 4. The van der Waals surface area contributed by atoms with Crippen molar-refractivity contribution in [3.8, 4) is 11.3 Å². The monoisotopic (exact) mass is 450 g/mol. The standard InChI is InChI=1S/C23H30N8O2/c1-14-12-33-6-5-30(14)22-27-19(15-8-25-21(24)26-9-15)17-3-4-31(20(17)28-22)16-10-29(11-16)18-7-23(18,2)13-32/h8-9,13-14,16,18H,3-7,10-12H2,1-2H3,(H2,24,25,26)/t14-,18?,23?/m0/s1. The van der Waals surface area contributed by atoms with Crippen LogP contribution in [-0.2, 0) is 16.0 Å². The molecular weight excluding hydrogens is 420 g/mol. The van der Waals surface area contributed by atoms with Crippen LogP contribution in [-0.4, -0.2) is 88.6 Å². The van der Waals surface area contributed by atoms with Gasteiger partial charge in [-0.1, -0.05) is 6.92 Å². The SMILES string of the molecule is C[C@H]1COCCN1c1nc(-c2cnc(N)nc2)c2c(n1)N(C1CN(C3CC3(C)C=O)C1)CC2. The number of morpholine rings is 1. The first-order valence-corrected chi connectivity index (χ1v) is 11.8. The summed E-state index contributed by atoms with van der Waals surface area (Å²) in [6.45, 7) is 9.17. The van der Waals surface area contributed by atoms with Gasteiger partial charge in [0.05, 0.1) is 31.0 Å². The van der Waals surface area contributed by atoms with Crippen LogP contribution < -0.4 is 15.5 Å². The highest BCUT2D eigenvalue weighted by molar-refractivity contribution is 5.73. The molecule has 6 rings (SSSR count). The molecule has 1 saturated carbocycles. The molecular formula is C23H30N8O2. The van der Waals surface area contributed by atoms with Gasteiger partial charge < -0.3 is 25.1 Å². The second-order valence-electron chi connectivity index (χ2n) is 10.0. The smallest absolute Gasteiger partial charge is 0.228 e. The minimum absolute atomic E-state index is 0.155. The Balaban J connectivity index is 1.32. The third-order valence-electron chi connectivity index (χ3n) is 7.69. The highest BCUT2D eigenvalue weighted by atomic mass is 16.5. The van der Waals surface area contributed by atoms with Gasteiger partial charge in [-0.25, -0.2) is 15.0 Å². The van der Waals surface area contributed by atoms with Crippen LogP contribution in [0.25, 0.3) is 11.3 Å². The summed E-state index contributed by atoms with van der Waals surface area (Å²) in [5.74, 6) is 2.00. The van der Waals surface area contributed by atoms with Crippen LogP contribution in [0.2, 0.25) is 0 Å². The molecule has 0 radical (unpaired) electrons. The minimum Gasteiger partial charge on any atom is -0.377 e. The average molecular weight is 451 g/mol. The molecule has 2 N–H and O–H groups in total. The van der Waals surface area contributed by atoms with E-state index in [-0.39, 0.29) is 17.4 Å². The van der Waals surface area contributed by atoms with Crippen molar-refractivity contribution in [2.75, 3.05) is 54.9 Å². The highest BCUT2D eigenvalue weighted by Gasteiger charge is 2.56. The summed E-state index contributed by atoms with van der Waals surface area (Å²) in [6.07, 6.45) is 6.49. The van der Waals surface area contributed by atoms with Gasteiger partial charge in [-0.15, -0.1) is 0 Å². The van der Waals surface area contributed by atoms with Gasteiger partial charge in [0.2, 0.25) is 11.9 Å². The molecule has 10 nitrogen and oxygen atoms in total. The molecule has 3 fully saturated rings. The molecule has 2 aromatic heterocycles. The van der Waals surface area contributed by atoms with Crippen molar-refractivity contribution in [2.24, 2.45) is 5.41 Å². The van der Waals surface area contributed by atoms with E-state index >= 15 is 0 Å². The molecule has 3 atom stereocenters. The number of aldehydes is 1. The van der Waals surface area contributed by atoms with E-state index in [0.717, 1.165) is 73.9 Å². The molecule has 0 amide bonds. The fourth-order valence-corrected chi connectivity index (χ4v) is 5.44. The Bertz CT molecular complexity index is 1070. The fourth-order valence-electron chi connectivity index (χ4n) is 5.44. The maximum Gasteiger partial charge on any atom is 0.228 e. The maximum atomic E-state index is 11.4. The minimum atomic E-state index is -0.155. The van der Waals surface area contributed by atoms with Crippen LogP contribution in [0.15, 0.2) is 12.4 Å². The van der Waals surface area contributed by atoms with E-state index < -0.39 is 0 Å². The largest absolute Gasteiger partial charge is 0.377 e. The molecule has 3 aliphatic heterocycles. The number of carbonyl (C=O) groups excluding carboxylic acids is 1. The first-order chi connectivity index (χ1) is 16.0. The van der Waals surface area contributed by atoms with Crippen LogP contribution in [0.1, 0.15) is 25.8 Å². The van der Waals surface area contributed by atoms with Crippen molar-refractivity contribution in [3.63, 3.8) is 0 Å². The molecule has 174 valence electrons. The number of carbonyl (C=O) groups is 1. The zero-order valence-corrected chi connectivity index (χ0v) is 19.1. The number of anilines is 3. The summed E-state index contributed by atoms with van der Waals surface area (Å²) in [5.41, 5.74) is 8.48. The fraction of sp³-hybridized carbons (Fsp3) is 0.609. The summed E-state index contributed by atoms with van der Waals surface area (Å²) >= 11 is 0. The van der Waals surface area contributed by atoms with Crippen molar-refractivity contribution in [2.45, 2.75) is 44.8 Å². The lowest BCUT2D eigenvalue weighted by atomic mass is 10.0. The van der Waals surface area contributed by atoms with E-state index in [4.69, 9.17) is 20.4 Å². The quantitative estimate of drug-likeness (QED) is 0.655. The van der Waals surface area contributed by atoms with Gasteiger partial charge in [0.15, 0.2) is 0 Å². The van der Waals surface area contributed by atoms with Crippen LogP contribution >= 0.6 is 0 Å². The van der Waals surface area contributed by atoms with E-state index in [1.54, 1.807) is 12.4 Å². The van der Waals surface area contributed by atoms with Crippen LogP contribution in [0.5, 0.6) is 0 Å². The van der Waals surface area contributed by atoms with Gasteiger partial charge in [-0.05, 0) is 19.8 Å². The summed E-state index contributed by atoms with van der Waals surface area (Å²) in [4.78, 5) is 37.0. The van der Waals surface area contributed by atoms with E-state index in [2.05, 4.69) is 38.5 Å². The number of fused-ring (bicyclic) bond motifs is 1. The Morgan fingerprint density at radius 3 is 2.67 bits per heavy atom. The molecule has 0 spiro atoms. The van der Waals surface area contributed by atoms with Gasteiger partial charge in [-0.3, -0.25) is 4.90 Å². The van der Waals surface area contributed by atoms with Crippen molar-refractivity contribution < 1.29 is 9.53 Å². The predicted octanol–water partition coefficient (Wildman–Crippen LogP) is 0.765. The first-order valence-electron chi connectivity index (χ1n) is 11.8. The summed E-state index contributed by atoms with van der Waals surface area (Å²) in [7, 11) is 0. The Morgan fingerprint density at radius 2 is 1.97 bits per heavy atom. The molecule has 0 aromatic carbocycles. The third kappa shape index (κ3) is 3.43. The van der Waals surface area contributed by atoms with E-state index in [1.807, 2.05) is 0 Å². The maximum absolute atomic E-state index is 11.4. The van der Waals surface area contributed by atoms with Gasteiger partial charge >= 0.3 is 0 Å². The number of hydrogen-bond acceptors (Lipinski definition) is 10. The molecule has 4 aliphatic rings. The van der Waals surface area contributed by atoms with E-state index in [1.165, 1.54) is 0 Å². The highest BCUT2D eigenvalue weighted by Crippen LogP contribution is 2.49. The molecule has 2 unspecified atom stereocenters. The number of rotatable bonds is 5. The average Bonchev–Trinajstić information content (AvgIpc) is 3.28. The molecule has 0 bridgehead atoms. The molecule has 5 heterocycles. The summed E-state index contributed by atoms with van der Waals surface area (Å²) < 4.78 is 5.63. The van der Waals surface area contributed by atoms with Gasteiger partial charge in [0.25, 0.3) is 0 Å². The predicted molar refractivity (Wildman–Crippen MR) is 124 cm³/mol. The molecule has 33 heavy (non-hydrogen) atoms. The zero-order chi connectivity index (χ0) is 22.7. The van der Waals surface area contributed by atoms with Crippen molar-refractivity contribution in [1.82, 2.24) is 24.8 Å². The van der Waals surface area contributed by atoms with Crippen molar-refractivity contribution in [1.29, 1.82) is 0 Å². The van der Waals surface area contributed by atoms with Gasteiger partial charge in [-0.2, -0.15) is 4.98 Å². The molecule has 2 aromatic rings. The number of hydrogen-bond donors (Lipinski definition) is 1. The molecule has 2 saturated heterocycles. The first kappa shape index (κ1) is 20.7. The number of nitrogen functional groups attached to an aromatic ring is 1. The van der Waals surface area contributed by atoms with Gasteiger partial charge in [0.1, 0.15) is 12.1 Å². The van der Waals surface area contributed by atoms with Crippen LogP contribution in [0.4, 0.5) is 17.7 Å². The third-order valence-corrected chi connectivity index (χ3v) is 7.69. The Kier molecular flexibility index (Phi) is 4.77. The zero-order valence-electron chi connectivity index (χ0n) is 19.1. The number of nitrogens with zero attached hydrogens (tertiary/aromatic N) is 7. The van der Waals surface area contributed by atoms with E-state index in [9.17, 15) is 4.79 Å². The molecule has 1 aliphatic carbocycles. The second kappa shape index (κ2) is 7.59. The van der Waals surface area contributed by atoms with E-state index in [0.29, 0.717) is 25.3 Å². The van der Waals surface area contributed by atoms with Gasteiger partial charge in [0, 0.05) is 61.2 Å².